The number of hydrogen-bond acceptors (Lipinski definition) is 3. The number of halogens is 2. The molecule has 1 aromatic rings. The summed E-state index contributed by atoms with van der Waals surface area (Å²) in [5.41, 5.74) is -0.541. The van der Waals surface area contributed by atoms with E-state index >= 15 is 0 Å². The van der Waals surface area contributed by atoms with Gasteiger partial charge in [-0.25, -0.2) is 13.2 Å². The van der Waals surface area contributed by atoms with Crippen molar-refractivity contribution < 1.29 is 27.1 Å². The van der Waals surface area contributed by atoms with Crippen LogP contribution in [0.25, 0.3) is 0 Å². The smallest absolute Gasteiger partial charge is 0.337 e. The molecule has 8 heteroatoms. The predicted molar refractivity (Wildman–Crippen MR) is 63.6 cm³/mol. The van der Waals surface area contributed by atoms with E-state index in [1.165, 1.54) is 12.1 Å². The van der Waals surface area contributed by atoms with E-state index < -0.39 is 38.9 Å². The molecule has 0 heterocycles. The van der Waals surface area contributed by atoms with Crippen molar-refractivity contribution in [2.45, 2.75) is 24.3 Å². The Balaban J connectivity index is 3.41. The van der Waals surface area contributed by atoms with Gasteiger partial charge in [-0.15, -0.1) is 4.31 Å². The van der Waals surface area contributed by atoms with Crippen molar-refractivity contribution in [1.82, 2.24) is 4.31 Å². The van der Waals surface area contributed by atoms with Gasteiger partial charge in [-0.05, 0) is 12.1 Å². The van der Waals surface area contributed by atoms with Crippen LogP contribution in [-0.4, -0.2) is 36.9 Å². The lowest BCUT2D eigenvalue weighted by atomic mass is 10.2. The number of rotatable bonds is 5. The van der Waals surface area contributed by atoms with E-state index in [4.69, 9.17) is 5.11 Å². The van der Waals surface area contributed by atoms with Crippen LogP contribution in [0.1, 0.15) is 23.7 Å². The molecule has 0 spiro atoms. The Kier molecular flexibility index (Phi) is 4.26. The van der Waals surface area contributed by atoms with Gasteiger partial charge in [0.1, 0.15) is 0 Å². The van der Waals surface area contributed by atoms with Gasteiger partial charge in [-0.3, -0.25) is 0 Å². The van der Waals surface area contributed by atoms with Gasteiger partial charge in [0.25, 0.3) is 0 Å². The molecule has 0 aliphatic carbocycles. The number of sulfonamides is 1. The number of nitrogens with zero attached hydrogens (tertiary/aromatic N) is 1. The van der Waals surface area contributed by atoms with Crippen molar-refractivity contribution in [3.63, 3.8) is 0 Å². The molecule has 19 heavy (non-hydrogen) atoms. The third kappa shape index (κ3) is 2.90. The predicted octanol–water partition coefficient (Wildman–Crippen LogP) is 2.01. The zero-order chi connectivity index (χ0) is 14.8. The summed E-state index contributed by atoms with van der Waals surface area (Å²) >= 11 is 0. The molecule has 0 amide bonds. The average molecular weight is 293 g/mol. The van der Waals surface area contributed by atoms with E-state index in [2.05, 4.69) is 0 Å². The van der Waals surface area contributed by atoms with Gasteiger partial charge in [-0.1, -0.05) is 19.1 Å². The molecule has 0 aliphatic heterocycles. The molecule has 1 N–H and O–H groups in total. The van der Waals surface area contributed by atoms with Gasteiger partial charge >= 0.3 is 12.0 Å². The monoisotopic (exact) mass is 293 g/mol. The highest BCUT2D eigenvalue weighted by Gasteiger charge is 2.42. The standard InChI is InChI=1S/C11H13F2NO4S/c1-3-11(12,13)14(2)19(17,18)9-7-5-4-6-8(9)10(15)16/h4-7H,3H2,1-2H3,(H,15,16). The van der Waals surface area contributed by atoms with Crippen molar-refractivity contribution in [2.24, 2.45) is 0 Å². The zero-order valence-electron chi connectivity index (χ0n) is 10.3. The fourth-order valence-electron chi connectivity index (χ4n) is 1.41. The molecule has 106 valence electrons. The van der Waals surface area contributed by atoms with Crippen LogP contribution < -0.4 is 0 Å². The molecule has 0 aromatic heterocycles. The van der Waals surface area contributed by atoms with Gasteiger partial charge in [-0.2, -0.15) is 8.78 Å². The summed E-state index contributed by atoms with van der Waals surface area (Å²) in [5, 5.41) is 8.90. The van der Waals surface area contributed by atoms with E-state index in [9.17, 15) is 22.0 Å². The van der Waals surface area contributed by atoms with Crippen LogP contribution in [0.4, 0.5) is 8.78 Å². The Morgan fingerprint density at radius 2 is 1.89 bits per heavy atom. The second-order valence-electron chi connectivity index (χ2n) is 3.79. The topological polar surface area (TPSA) is 74.7 Å². The molecule has 0 aliphatic rings. The Morgan fingerprint density at radius 3 is 2.37 bits per heavy atom. The average Bonchev–Trinajstić information content (AvgIpc) is 2.37. The molecular formula is C11H13F2NO4S. The SMILES string of the molecule is CCC(F)(F)N(C)S(=O)(=O)c1ccccc1C(=O)O. The Bertz CT molecular complexity index is 586. The van der Waals surface area contributed by atoms with Crippen LogP contribution in [0.2, 0.25) is 0 Å². The summed E-state index contributed by atoms with van der Waals surface area (Å²) < 4.78 is 50.9. The first-order valence-corrected chi connectivity index (χ1v) is 6.77. The molecule has 1 rings (SSSR count). The minimum atomic E-state index is -4.58. The third-order valence-electron chi connectivity index (χ3n) is 2.64. The lowest BCUT2D eigenvalue weighted by Gasteiger charge is -2.26. The summed E-state index contributed by atoms with van der Waals surface area (Å²) in [4.78, 5) is 10.3. The van der Waals surface area contributed by atoms with Crippen LogP contribution >= 0.6 is 0 Å². The van der Waals surface area contributed by atoms with Crippen molar-refractivity contribution in [3.05, 3.63) is 29.8 Å². The van der Waals surface area contributed by atoms with Gasteiger partial charge in [0, 0.05) is 13.5 Å². The fourth-order valence-corrected chi connectivity index (χ4v) is 2.87. The molecule has 0 unspecified atom stereocenters. The van der Waals surface area contributed by atoms with Crippen molar-refractivity contribution in [2.75, 3.05) is 7.05 Å². The summed E-state index contributed by atoms with van der Waals surface area (Å²) in [6.07, 6.45) is -0.710. The summed E-state index contributed by atoms with van der Waals surface area (Å²) in [7, 11) is -3.86. The summed E-state index contributed by atoms with van der Waals surface area (Å²) in [5.74, 6) is -1.49. The zero-order valence-corrected chi connectivity index (χ0v) is 11.1. The van der Waals surface area contributed by atoms with Gasteiger partial charge < -0.3 is 5.11 Å². The van der Waals surface area contributed by atoms with Crippen LogP contribution in [0.5, 0.6) is 0 Å². The molecular weight excluding hydrogens is 280 g/mol. The Hall–Kier alpha value is -1.54. The summed E-state index contributed by atoms with van der Waals surface area (Å²) in [6, 6.07) is 1.05. The first-order chi connectivity index (χ1) is 8.64. The van der Waals surface area contributed by atoms with E-state index in [1.54, 1.807) is 0 Å². The van der Waals surface area contributed by atoms with Crippen LogP contribution in [0.3, 0.4) is 0 Å². The molecule has 0 saturated heterocycles. The summed E-state index contributed by atoms with van der Waals surface area (Å²) in [6.45, 7) is 1.13. The number of carbonyl (C=O) groups is 1. The number of carboxylic acids is 1. The van der Waals surface area contributed by atoms with Crippen LogP contribution in [0.15, 0.2) is 29.2 Å². The minimum Gasteiger partial charge on any atom is -0.478 e. The highest BCUT2D eigenvalue weighted by Crippen LogP contribution is 2.29. The molecule has 5 nitrogen and oxygen atoms in total. The van der Waals surface area contributed by atoms with Crippen LogP contribution in [-0.2, 0) is 10.0 Å². The van der Waals surface area contributed by atoms with Crippen LogP contribution in [0, 0.1) is 0 Å². The highest BCUT2D eigenvalue weighted by molar-refractivity contribution is 7.89. The molecule has 0 atom stereocenters. The largest absolute Gasteiger partial charge is 0.478 e. The first kappa shape index (κ1) is 15.5. The van der Waals surface area contributed by atoms with E-state index in [-0.39, 0.29) is 4.31 Å². The second-order valence-corrected chi connectivity index (χ2v) is 5.73. The molecule has 0 radical (unpaired) electrons. The number of hydrogen-bond donors (Lipinski definition) is 1. The number of benzene rings is 1. The van der Waals surface area contributed by atoms with E-state index in [1.807, 2.05) is 0 Å². The number of alkyl halides is 2. The van der Waals surface area contributed by atoms with Crippen molar-refractivity contribution in [1.29, 1.82) is 0 Å². The van der Waals surface area contributed by atoms with E-state index in [0.717, 1.165) is 26.1 Å². The van der Waals surface area contributed by atoms with Gasteiger partial charge in [0.15, 0.2) is 0 Å². The van der Waals surface area contributed by atoms with Crippen molar-refractivity contribution in [3.8, 4) is 0 Å². The maximum absolute atomic E-state index is 13.5. The Labute approximate surface area is 109 Å². The minimum absolute atomic E-state index is 0.109. The molecule has 0 fully saturated rings. The fraction of sp³-hybridized carbons (Fsp3) is 0.364. The van der Waals surface area contributed by atoms with Gasteiger partial charge in [0.2, 0.25) is 10.0 Å². The number of carboxylic acid groups (broad SMARTS) is 1. The first-order valence-electron chi connectivity index (χ1n) is 5.33. The van der Waals surface area contributed by atoms with E-state index in [0.29, 0.717) is 0 Å². The lowest BCUT2D eigenvalue weighted by Crippen LogP contribution is -2.42. The molecule has 1 aromatic carbocycles. The van der Waals surface area contributed by atoms with Gasteiger partial charge in [0.05, 0.1) is 10.5 Å². The van der Waals surface area contributed by atoms with Crippen molar-refractivity contribution >= 4 is 16.0 Å². The molecule has 0 saturated carbocycles. The number of aromatic carboxylic acids is 1. The maximum atomic E-state index is 13.5. The highest BCUT2D eigenvalue weighted by atomic mass is 32.2. The Morgan fingerprint density at radius 1 is 1.37 bits per heavy atom. The molecule has 0 bridgehead atoms. The normalized spacial score (nSPS) is 12.7. The quantitative estimate of drug-likeness (QED) is 0.843. The third-order valence-corrected chi connectivity index (χ3v) is 4.54. The lowest BCUT2D eigenvalue weighted by molar-refractivity contribution is -0.0921. The maximum Gasteiger partial charge on any atom is 0.337 e. The second kappa shape index (κ2) is 5.22.